The van der Waals surface area contributed by atoms with Crippen LogP contribution in [-0.2, 0) is 4.79 Å². The molecule has 0 spiro atoms. The van der Waals surface area contributed by atoms with Gasteiger partial charge in [-0.2, -0.15) is 4.99 Å². The lowest BCUT2D eigenvalue weighted by atomic mass is 10.1. The number of nitrogens with zero attached hydrogens (tertiary/aromatic N) is 2. The van der Waals surface area contributed by atoms with Gasteiger partial charge in [0.15, 0.2) is 5.69 Å². The molecule has 7 nitrogen and oxygen atoms in total. The van der Waals surface area contributed by atoms with Crippen LogP contribution in [0.25, 0.3) is 0 Å². The number of carbonyl (C=O) groups excluding carboxylic acids is 1. The fraction of sp³-hybridized carbons (Fsp3) is 0. The Morgan fingerprint density at radius 2 is 2.20 bits per heavy atom. The van der Waals surface area contributed by atoms with Crippen LogP contribution in [0.3, 0.4) is 0 Å². The topological polar surface area (TPSA) is 110 Å². The van der Waals surface area contributed by atoms with E-state index in [0.717, 1.165) is 18.2 Å². The number of aliphatic imine (C=N–C) groups is 1. The maximum atomic E-state index is 10.6. The first kappa shape index (κ1) is 10.6. The SMILES string of the molecule is O=C=Nc1cccc(C(=O)O)c1[N+](=O)[O-]. The van der Waals surface area contributed by atoms with Gasteiger partial charge in [0.2, 0.25) is 6.08 Å². The van der Waals surface area contributed by atoms with Gasteiger partial charge in [-0.3, -0.25) is 10.1 Å². The zero-order chi connectivity index (χ0) is 11.4. The Morgan fingerprint density at radius 3 is 2.67 bits per heavy atom. The van der Waals surface area contributed by atoms with Crippen molar-refractivity contribution in [2.75, 3.05) is 0 Å². The van der Waals surface area contributed by atoms with E-state index in [-0.39, 0.29) is 5.69 Å². The summed E-state index contributed by atoms with van der Waals surface area (Å²) in [6, 6.07) is 3.48. The van der Waals surface area contributed by atoms with Crippen LogP contribution < -0.4 is 0 Å². The predicted octanol–water partition coefficient (Wildman–Crippen LogP) is 1.26. The smallest absolute Gasteiger partial charge is 0.342 e. The highest BCUT2D eigenvalue weighted by molar-refractivity contribution is 5.95. The molecule has 0 saturated heterocycles. The first-order chi connectivity index (χ1) is 7.07. The number of isocyanates is 1. The summed E-state index contributed by atoms with van der Waals surface area (Å²) in [5.41, 5.74) is -1.56. The number of nitro groups is 1. The Balaban J connectivity index is 3.55. The highest BCUT2D eigenvalue weighted by Crippen LogP contribution is 2.30. The minimum Gasteiger partial charge on any atom is -0.477 e. The van der Waals surface area contributed by atoms with Crippen LogP contribution in [0.1, 0.15) is 10.4 Å². The fourth-order valence-corrected chi connectivity index (χ4v) is 1.04. The number of hydrogen-bond acceptors (Lipinski definition) is 5. The highest BCUT2D eigenvalue weighted by Gasteiger charge is 2.23. The van der Waals surface area contributed by atoms with Crippen molar-refractivity contribution in [2.45, 2.75) is 0 Å². The highest BCUT2D eigenvalue weighted by atomic mass is 16.6. The standard InChI is InChI=1S/C8H4N2O5/c11-4-9-6-3-1-2-5(8(12)13)7(6)10(14)15/h1-3H,(H,12,13). The molecule has 1 aromatic carbocycles. The van der Waals surface area contributed by atoms with Gasteiger partial charge in [0.1, 0.15) is 5.56 Å². The first-order valence-electron chi connectivity index (χ1n) is 3.66. The average Bonchev–Trinajstić information content (AvgIpc) is 2.17. The minimum absolute atomic E-state index is 0.324. The summed E-state index contributed by atoms with van der Waals surface area (Å²) in [6.45, 7) is 0. The lowest BCUT2D eigenvalue weighted by molar-refractivity contribution is -0.384. The second-order valence-electron chi connectivity index (χ2n) is 2.44. The third-order valence-corrected chi connectivity index (χ3v) is 1.59. The Kier molecular flexibility index (Phi) is 2.90. The monoisotopic (exact) mass is 208 g/mol. The van der Waals surface area contributed by atoms with Crippen molar-refractivity contribution >= 4 is 23.4 Å². The Morgan fingerprint density at radius 1 is 1.53 bits per heavy atom. The Bertz CT molecular complexity index is 456. The van der Waals surface area contributed by atoms with Gasteiger partial charge in [-0.1, -0.05) is 6.07 Å². The average molecular weight is 208 g/mol. The van der Waals surface area contributed by atoms with E-state index < -0.39 is 22.1 Å². The molecule has 15 heavy (non-hydrogen) atoms. The molecule has 0 heterocycles. The molecule has 0 aromatic heterocycles. The molecule has 0 bridgehead atoms. The maximum Gasteiger partial charge on any atom is 0.342 e. The molecule has 0 radical (unpaired) electrons. The molecule has 0 fully saturated rings. The summed E-state index contributed by atoms with van der Waals surface area (Å²) in [6.07, 6.45) is 1.12. The maximum absolute atomic E-state index is 10.6. The van der Waals surface area contributed by atoms with Crippen LogP contribution in [0.5, 0.6) is 0 Å². The van der Waals surface area contributed by atoms with Gasteiger partial charge in [0.05, 0.1) is 4.92 Å². The summed E-state index contributed by atoms with van der Waals surface area (Å²) in [5, 5.41) is 19.2. The van der Waals surface area contributed by atoms with E-state index in [1.807, 2.05) is 0 Å². The summed E-state index contributed by atoms with van der Waals surface area (Å²) in [7, 11) is 0. The van der Waals surface area contributed by atoms with Gasteiger partial charge in [-0.15, -0.1) is 0 Å². The van der Waals surface area contributed by atoms with E-state index in [0.29, 0.717) is 0 Å². The van der Waals surface area contributed by atoms with Crippen molar-refractivity contribution in [1.82, 2.24) is 0 Å². The van der Waals surface area contributed by atoms with Gasteiger partial charge in [0.25, 0.3) is 0 Å². The molecule has 0 atom stereocenters. The largest absolute Gasteiger partial charge is 0.477 e. The minimum atomic E-state index is -1.45. The van der Waals surface area contributed by atoms with Gasteiger partial charge in [-0.25, -0.2) is 9.59 Å². The van der Waals surface area contributed by atoms with Crippen LogP contribution in [0.2, 0.25) is 0 Å². The first-order valence-corrected chi connectivity index (χ1v) is 3.66. The Hall–Kier alpha value is -2.53. The summed E-state index contributed by atoms with van der Waals surface area (Å²) in [4.78, 5) is 33.3. The van der Waals surface area contributed by atoms with Gasteiger partial charge < -0.3 is 5.11 Å². The normalized spacial score (nSPS) is 9.07. The number of para-hydroxylation sites is 1. The molecule has 76 valence electrons. The van der Waals surface area contributed by atoms with E-state index in [1.54, 1.807) is 0 Å². The molecule has 0 saturated carbocycles. The van der Waals surface area contributed by atoms with Crippen molar-refractivity contribution in [2.24, 2.45) is 4.99 Å². The van der Waals surface area contributed by atoms with Crippen molar-refractivity contribution in [3.8, 4) is 0 Å². The molecule has 0 aliphatic rings. The van der Waals surface area contributed by atoms with Crippen molar-refractivity contribution in [3.63, 3.8) is 0 Å². The zero-order valence-electron chi connectivity index (χ0n) is 7.21. The molecule has 1 rings (SSSR count). The van der Waals surface area contributed by atoms with Gasteiger partial charge in [0, 0.05) is 0 Å². The number of carboxylic acid groups (broad SMARTS) is 1. The number of benzene rings is 1. The van der Waals surface area contributed by atoms with E-state index in [4.69, 9.17) is 5.11 Å². The van der Waals surface area contributed by atoms with Crippen LogP contribution in [0, 0.1) is 10.1 Å². The van der Waals surface area contributed by atoms with E-state index in [2.05, 4.69) is 4.99 Å². The molecule has 0 amide bonds. The van der Waals surface area contributed by atoms with Crippen LogP contribution in [0.4, 0.5) is 11.4 Å². The van der Waals surface area contributed by atoms with Crippen molar-refractivity contribution < 1.29 is 19.6 Å². The number of nitro benzene ring substituents is 1. The number of carboxylic acids is 1. The van der Waals surface area contributed by atoms with Crippen LogP contribution >= 0.6 is 0 Å². The van der Waals surface area contributed by atoms with E-state index in [9.17, 15) is 19.7 Å². The third-order valence-electron chi connectivity index (χ3n) is 1.59. The molecule has 0 unspecified atom stereocenters. The molecule has 1 N–H and O–H groups in total. The zero-order valence-corrected chi connectivity index (χ0v) is 7.21. The van der Waals surface area contributed by atoms with E-state index >= 15 is 0 Å². The summed E-state index contributed by atoms with van der Waals surface area (Å²) < 4.78 is 0. The van der Waals surface area contributed by atoms with Gasteiger partial charge >= 0.3 is 11.7 Å². The predicted molar refractivity (Wildman–Crippen MR) is 47.8 cm³/mol. The number of rotatable bonds is 3. The molecule has 1 aromatic rings. The molecule has 0 aliphatic carbocycles. The molecular weight excluding hydrogens is 204 g/mol. The third kappa shape index (κ3) is 2.04. The fourth-order valence-electron chi connectivity index (χ4n) is 1.04. The lowest BCUT2D eigenvalue weighted by Crippen LogP contribution is -2.02. The summed E-state index contributed by atoms with van der Waals surface area (Å²) >= 11 is 0. The number of hydrogen-bond donors (Lipinski definition) is 1. The van der Waals surface area contributed by atoms with Crippen molar-refractivity contribution in [3.05, 3.63) is 33.9 Å². The molecule has 0 aliphatic heterocycles. The van der Waals surface area contributed by atoms with Crippen molar-refractivity contribution in [1.29, 1.82) is 0 Å². The van der Waals surface area contributed by atoms with Crippen LogP contribution in [0.15, 0.2) is 23.2 Å². The van der Waals surface area contributed by atoms with Crippen LogP contribution in [-0.4, -0.2) is 22.1 Å². The lowest BCUT2D eigenvalue weighted by Gasteiger charge is -1.98. The molecular formula is C8H4N2O5. The second-order valence-corrected chi connectivity index (χ2v) is 2.44. The second kappa shape index (κ2) is 4.12. The van der Waals surface area contributed by atoms with Gasteiger partial charge in [-0.05, 0) is 12.1 Å². The quantitative estimate of drug-likeness (QED) is 0.348. The molecule has 7 heteroatoms. The van der Waals surface area contributed by atoms with E-state index in [1.165, 1.54) is 6.07 Å². The number of carbonyl (C=O) groups is 1. The Labute approximate surface area is 82.8 Å². The summed E-state index contributed by atoms with van der Waals surface area (Å²) in [5.74, 6) is -1.45. The number of aromatic carboxylic acids is 1.